The Morgan fingerprint density at radius 3 is 1.72 bits per heavy atom. The SMILES string of the molecule is C1=C(c2ccc(-c3nc(-c4ccccc4)nc(-c4ccc(-c5cccc6ccccc56)cc4)n3)cc2)c2c(oc3ccccc23)CC1. The van der Waals surface area contributed by atoms with Gasteiger partial charge in [0, 0.05) is 34.1 Å². The average molecular weight is 604 g/mol. The molecule has 0 spiro atoms. The summed E-state index contributed by atoms with van der Waals surface area (Å²) in [5.74, 6) is 3.00. The summed E-state index contributed by atoms with van der Waals surface area (Å²) in [6.07, 6.45) is 4.21. The summed E-state index contributed by atoms with van der Waals surface area (Å²) in [6, 6.07) is 50.5. The molecule has 6 aromatic carbocycles. The topological polar surface area (TPSA) is 51.8 Å². The van der Waals surface area contributed by atoms with Gasteiger partial charge in [0.1, 0.15) is 11.3 Å². The van der Waals surface area contributed by atoms with E-state index in [4.69, 9.17) is 19.4 Å². The van der Waals surface area contributed by atoms with Gasteiger partial charge in [0.15, 0.2) is 17.5 Å². The Hall–Kier alpha value is -6.13. The molecule has 0 aliphatic heterocycles. The van der Waals surface area contributed by atoms with E-state index in [2.05, 4.69) is 109 Å². The van der Waals surface area contributed by atoms with Gasteiger partial charge >= 0.3 is 0 Å². The summed E-state index contributed by atoms with van der Waals surface area (Å²) in [4.78, 5) is 14.9. The first-order valence-electron chi connectivity index (χ1n) is 16.0. The molecule has 1 aliphatic rings. The van der Waals surface area contributed by atoms with Crippen LogP contribution in [0.5, 0.6) is 0 Å². The van der Waals surface area contributed by atoms with Gasteiger partial charge in [0.2, 0.25) is 0 Å². The van der Waals surface area contributed by atoms with E-state index in [-0.39, 0.29) is 0 Å². The smallest absolute Gasteiger partial charge is 0.164 e. The molecule has 0 N–H and O–H groups in total. The summed E-state index contributed by atoms with van der Waals surface area (Å²) in [6.45, 7) is 0. The van der Waals surface area contributed by atoms with Crippen LogP contribution in [0.4, 0.5) is 0 Å². The molecule has 0 radical (unpaired) electrons. The fourth-order valence-corrected chi connectivity index (χ4v) is 6.70. The van der Waals surface area contributed by atoms with E-state index in [1.54, 1.807) is 0 Å². The molecule has 2 heterocycles. The molecule has 2 aromatic heterocycles. The number of benzene rings is 6. The molecule has 4 heteroatoms. The van der Waals surface area contributed by atoms with Gasteiger partial charge in [-0.25, -0.2) is 15.0 Å². The molecule has 0 atom stereocenters. The molecule has 0 fully saturated rings. The van der Waals surface area contributed by atoms with Crippen LogP contribution in [0.3, 0.4) is 0 Å². The van der Waals surface area contributed by atoms with E-state index >= 15 is 0 Å². The van der Waals surface area contributed by atoms with Gasteiger partial charge in [-0.1, -0.05) is 146 Å². The Labute approximate surface area is 272 Å². The molecule has 0 unspecified atom stereocenters. The molecular weight excluding hydrogens is 574 g/mol. The van der Waals surface area contributed by atoms with Crippen LogP contribution < -0.4 is 0 Å². The van der Waals surface area contributed by atoms with E-state index in [0.29, 0.717) is 17.5 Å². The monoisotopic (exact) mass is 603 g/mol. The molecule has 1 aliphatic carbocycles. The molecule has 0 amide bonds. The number of hydrogen-bond acceptors (Lipinski definition) is 4. The number of fused-ring (bicyclic) bond motifs is 4. The predicted octanol–water partition coefficient (Wildman–Crippen LogP) is 10.8. The molecule has 9 rings (SSSR count). The summed E-state index contributed by atoms with van der Waals surface area (Å²) < 4.78 is 6.23. The minimum absolute atomic E-state index is 0.644. The normalized spacial score (nSPS) is 12.6. The van der Waals surface area contributed by atoms with Crippen molar-refractivity contribution in [2.45, 2.75) is 12.8 Å². The highest BCUT2D eigenvalue weighted by Crippen LogP contribution is 2.39. The number of para-hydroxylation sites is 1. The lowest BCUT2D eigenvalue weighted by Crippen LogP contribution is -2.01. The zero-order valence-corrected chi connectivity index (χ0v) is 25.6. The number of aromatic nitrogens is 3. The van der Waals surface area contributed by atoms with Crippen LogP contribution in [0.2, 0.25) is 0 Å². The van der Waals surface area contributed by atoms with Crippen molar-refractivity contribution in [1.82, 2.24) is 15.0 Å². The van der Waals surface area contributed by atoms with Crippen LogP contribution in [-0.2, 0) is 6.42 Å². The van der Waals surface area contributed by atoms with Gasteiger partial charge in [-0.3, -0.25) is 0 Å². The number of allylic oxidation sites excluding steroid dienone is 1. The van der Waals surface area contributed by atoms with E-state index < -0.39 is 0 Å². The summed E-state index contributed by atoms with van der Waals surface area (Å²) in [5, 5.41) is 3.63. The maximum Gasteiger partial charge on any atom is 0.164 e. The highest BCUT2D eigenvalue weighted by atomic mass is 16.3. The maximum atomic E-state index is 6.23. The first-order chi connectivity index (χ1) is 23.3. The predicted molar refractivity (Wildman–Crippen MR) is 191 cm³/mol. The van der Waals surface area contributed by atoms with Crippen molar-refractivity contribution >= 4 is 27.3 Å². The van der Waals surface area contributed by atoms with E-state index in [0.717, 1.165) is 52.0 Å². The third kappa shape index (κ3) is 4.91. The van der Waals surface area contributed by atoms with Crippen molar-refractivity contribution < 1.29 is 4.42 Å². The molecule has 222 valence electrons. The second-order valence-corrected chi connectivity index (χ2v) is 11.9. The number of furan rings is 1. The van der Waals surface area contributed by atoms with Gasteiger partial charge in [-0.2, -0.15) is 0 Å². The first-order valence-corrected chi connectivity index (χ1v) is 16.0. The number of aryl methyl sites for hydroxylation is 1. The zero-order valence-electron chi connectivity index (χ0n) is 25.6. The number of rotatable bonds is 5. The molecule has 0 bridgehead atoms. The minimum Gasteiger partial charge on any atom is -0.460 e. The highest BCUT2D eigenvalue weighted by molar-refractivity contribution is 5.98. The second-order valence-electron chi connectivity index (χ2n) is 11.9. The Morgan fingerprint density at radius 2 is 1.00 bits per heavy atom. The van der Waals surface area contributed by atoms with Crippen LogP contribution in [-0.4, -0.2) is 15.0 Å². The lowest BCUT2D eigenvalue weighted by molar-refractivity contribution is 0.545. The third-order valence-electron chi connectivity index (χ3n) is 9.02. The largest absolute Gasteiger partial charge is 0.460 e. The molecule has 8 aromatic rings. The van der Waals surface area contributed by atoms with Crippen LogP contribution in [0, 0.1) is 0 Å². The fraction of sp³-hybridized carbons (Fsp3) is 0.0465. The van der Waals surface area contributed by atoms with Crippen molar-refractivity contribution in [1.29, 1.82) is 0 Å². The molecule has 4 nitrogen and oxygen atoms in total. The number of nitrogens with zero attached hydrogens (tertiary/aromatic N) is 3. The van der Waals surface area contributed by atoms with Crippen LogP contribution >= 0.6 is 0 Å². The Bertz CT molecular complexity index is 2430. The van der Waals surface area contributed by atoms with E-state index in [1.807, 2.05) is 42.5 Å². The Kier molecular flexibility index (Phi) is 6.57. The molecule has 0 saturated heterocycles. The van der Waals surface area contributed by atoms with Crippen molar-refractivity contribution in [3.63, 3.8) is 0 Å². The van der Waals surface area contributed by atoms with Crippen molar-refractivity contribution in [2.24, 2.45) is 0 Å². The van der Waals surface area contributed by atoms with E-state index in [1.165, 1.54) is 32.9 Å². The lowest BCUT2D eigenvalue weighted by Gasteiger charge is -2.14. The van der Waals surface area contributed by atoms with Crippen molar-refractivity contribution in [3.05, 3.63) is 169 Å². The highest BCUT2D eigenvalue weighted by Gasteiger charge is 2.22. The summed E-state index contributed by atoms with van der Waals surface area (Å²) in [5.41, 5.74) is 9.72. The first kappa shape index (κ1) is 27.2. The number of hydrogen-bond donors (Lipinski definition) is 0. The van der Waals surface area contributed by atoms with Crippen LogP contribution in [0.15, 0.2) is 156 Å². The quantitative estimate of drug-likeness (QED) is 0.196. The van der Waals surface area contributed by atoms with Crippen LogP contribution in [0.1, 0.15) is 23.3 Å². The van der Waals surface area contributed by atoms with Gasteiger partial charge in [0.25, 0.3) is 0 Å². The standard InChI is InChI=1S/C43H29N3O/c1-2-11-31(12-3-1)41-44-42(32-24-20-29(21-25-32)35-16-8-13-28-10-4-5-14-34(28)35)46-43(45-41)33-26-22-30(23-27-33)36-17-9-19-39-40(36)37-15-6-7-18-38(37)47-39/h1-8,10-18,20-27H,9,19H2. The Balaban J connectivity index is 1.10. The van der Waals surface area contributed by atoms with E-state index in [9.17, 15) is 0 Å². The second kappa shape index (κ2) is 11.3. The summed E-state index contributed by atoms with van der Waals surface area (Å²) >= 11 is 0. The van der Waals surface area contributed by atoms with Crippen LogP contribution in [0.25, 0.3) is 72.6 Å². The van der Waals surface area contributed by atoms with Gasteiger partial charge in [0.05, 0.1) is 0 Å². The summed E-state index contributed by atoms with van der Waals surface area (Å²) in [7, 11) is 0. The van der Waals surface area contributed by atoms with Gasteiger partial charge in [-0.05, 0) is 45.5 Å². The minimum atomic E-state index is 0.644. The van der Waals surface area contributed by atoms with Crippen molar-refractivity contribution in [3.8, 4) is 45.3 Å². The fourth-order valence-electron chi connectivity index (χ4n) is 6.70. The lowest BCUT2D eigenvalue weighted by atomic mass is 9.89. The molecule has 0 saturated carbocycles. The van der Waals surface area contributed by atoms with Crippen molar-refractivity contribution in [2.75, 3.05) is 0 Å². The maximum absolute atomic E-state index is 6.23. The zero-order chi connectivity index (χ0) is 31.2. The molecular formula is C43H29N3O. The van der Waals surface area contributed by atoms with Gasteiger partial charge in [-0.15, -0.1) is 0 Å². The van der Waals surface area contributed by atoms with Gasteiger partial charge < -0.3 is 4.42 Å². The average Bonchev–Trinajstić information content (AvgIpc) is 3.54. The molecule has 47 heavy (non-hydrogen) atoms. The Morgan fingerprint density at radius 1 is 0.447 bits per heavy atom. The third-order valence-corrected chi connectivity index (χ3v) is 9.02.